The van der Waals surface area contributed by atoms with Gasteiger partial charge in [0.2, 0.25) is 17.7 Å². The minimum absolute atomic E-state index is 0.0887. The van der Waals surface area contributed by atoms with E-state index in [0.717, 1.165) is 5.75 Å². The van der Waals surface area contributed by atoms with E-state index < -0.39 is 42.0 Å². The van der Waals surface area contributed by atoms with Crippen molar-refractivity contribution in [1.29, 1.82) is 0 Å². The number of amides is 3. The van der Waals surface area contributed by atoms with Crippen LogP contribution in [0.5, 0.6) is 0 Å². The lowest BCUT2D eigenvalue weighted by Gasteiger charge is -2.32. The molecule has 0 aromatic heterocycles. The van der Waals surface area contributed by atoms with Crippen LogP contribution in [-0.2, 0) is 19.2 Å². The van der Waals surface area contributed by atoms with Crippen LogP contribution in [0.4, 0.5) is 0 Å². The molecule has 1 saturated heterocycles. The Kier molecular flexibility index (Phi) is 13.5. The van der Waals surface area contributed by atoms with Crippen molar-refractivity contribution in [3.05, 3.63) is 0 Å². The average molecular weight is 516 g/mol. The molecule has 35 heavy (non-hydrogen) atoms. The smallest absolute Gasteiger partial charge is 0.326 e. The number of carbonyl (C=O) groups excluding carboxylic acids is 3. The molecular formula is C22H41N7O5S. The number of nitrogens with one attached hydrogen (secondary N) is 2. The van der Waals surface area contributed by atoms with Crippen molar-refractivity contribution in [2.75, 3.05) is 25.1 Å². The molecule has 12 nitrogen and oxygen atoms in total. The number of hydrogen-bond acceptors (Lipinski definition) is 7. The third kappa shape index (κ3) is 9.92. The highest BCUT2D eigenvalue weighted by atomic mass is 32.2. The second-order valence-corrected chi connectivity index (χ2v) is 9.78. The first kappa shape index (κ1) is 30.5. The van der Waals surface area contributed by atoms with Gasteiger partial charge in [0.05, 0.1) is 6.04 Å². The molecule has 1 aliphatic heterocycles. The molecule has 0 aromatic rings. The van der Waals surface area contributed by atoms with Crippen molar-refractivity contribution >= 4 is 41.4 Å². The maximum atomic E-state index is 13.5. The van der Waals surface area contributed by atoms with E-state index in [1.165, 1.54) is 4.90 Å². The van der Waals surface area contributed by atoms with Gasteiger partial charge in [0.25, 0.3) is 0 Å². The topological polar surface area (TPSA) is 206 Å². The molecule has 0 aliphatic carbocycles. The number of aliphatic carboxylic acids is 1. The van der Waals surface area contributed by atoms with Crippen molar-refractivity contribution < 1.29 is 24.3 Å². The minimum atomic E-state index is -1.18. The third-order valence-electron chi connectivity index (χ3n) is 6.14. The van der Waals surface area contributed by atoms with E-state index in [4.69, 9.17) is 17.2 Å². The normalized spacial score (nSPS) is 18.7. The number of nitrogens with zero attached hydrogens (tertiary/aromatic N) is 2. The molecular weight excluding hydrogens is 474 g/mol. The summed E-state index contributed by atoms with van der Waals surface area (Å²) in [5.74, 6) is -2.01. The van der Waals surface area contributed by atoms with Crippen LogP contribution >= 0.6 is 11.8 Å². The molecule has 200 valence electrons. The molecule has 9 N–H and O–H groups in total. The highest BCUT2D eigenvalue weighted by Crippen LogP contribution is 2.22. The second-order valence-electron chi connectivity index (χ2n) is 8.80. The molecule has 0 saturated carbocycles. The van der Waals surface area contributed by atoms with E-state index in [1.807, 2.05) is 20.1 Å². The Labute approximate surface area is 211 Å². The van der Waals surface area contributed by atoms with Crippen LogP contribution in [-0.4, -0.2) is 88.9 Å². The summed E-state index contributed by atoms with van der Waals surface area (Å²) in [5, 5.41) is 14.8. The average Bonchev–Trinajstić information content (AvgIpc) is 3.31. The highest BCUT2D eigenvalue weighted by Gasteiger charge is 2.40. The number of thioether (sulfide) groups is 1. The van der Waals surface area contributed by atoms with Gasteiger partial charge in [-0.25, -0.2) is 4.79 Å². The summed E-state index contributed by atoms with van der Waals surface area (Å²) in [4.78, 5) is 56.0. The first-order chi connectivity index (χ1) is 16.5. The number of carboxylic acid groups (broad SMARTS) is 1. The van der Waals surface area contributed by atoms with E-state index in [2.05, 4.69) is 15.6 Å². The molecule has 0 spiro atoms. The molecule has 13 heteroatoms. The predicted octanol–water partition coefficient (Wildman–Crippen LogP) is -0.788. The Hall–Kier alpha value is -2.54. The minimum Gasteiger partial charge on any atom is -0.480 e. The highest BCUT2D eigenvalue weighted by molar-refractivity contribution is 7.98. The van der Waals surface area contributed by atoms with Gasteiger partial charge in [0, 0.05) is 13.1 Å². The van der Waals surface area contributed by atoms with E-state index in [-0.39, 0.29) is 30.8 Å². The van der Waals surface area contributed by atoms with Gasteiger partial charge in [-0.2, -0.15) is 11.8 Å². The van der Waals surface area contributed by atoms with Crippen LogP contribution < -0.4 is 27.8 Å². The molecule has 0 aromatic carbocycles. The summed E-state index contributed by atoms with van der Waals surface area (Å²) < 4.78 is 0. The first-order valence-electron chi connectivity index (χ1n) is 12.0. The summed E-state index contributed by atoms with van der Waals surface area (Å²) in [7, 11) is 0. The van der Waals surface area contributed by atoms with E-state index in [9.17, 15) is 24.3 Å². The van der Waals surface area contributed by atoms with E-state index in [1.54, 1.807) is 11.8 Å². The van der Waals surface area contributed by atoms with Gasteiger partial charge in [-0.1, -0.05) is 20.3 Å². The van der Waals surface area contributed by atoms with Crippen molar-refractivity contribution in [2.24, 2.45) is 28.1 Å². The predicted molar refractivity (Wildman–Crippen MR) is 137 cm³/mol. The molecule has 5 atom stereocenters. The largest absolute Gasteiger partial charge is 0.480 e. The zero-order valence-corrected chi connectivity index (χ0v) is 21.7. The lowest BCUT2D eigenvalue weighted by molar-refractivity contribution is -0.145. The molecule has 0 radical (unpaired) electrons. The molecule has 3 amide bonds. The SMILES string of the molecule is CCC(C)C(NC(=O)C(N)CCSC)C(=O)N1CCCC1C(=O)NC(CCCN=C(N)N)C(=O)O. The van der Waals surface area contributed by atoms with Gasteiger partial charge in [-0.05, 0) is 50.0 Å². The first-order valence-corrected chi connectivity index (χ1v) is 13.4. The van der Waals surface area contributed by atoms with Gasteiger partial charge in [0.1, 0.15) is 18.1 Å². The van der Waals surface area contributed by atoms with Gasteiger partial charge >= 0.3 is 5.97 Å². The van der Waals surface area contributed by atoms with Crippen molar-refractivity contribution in [3.8, 4) is 0 Å². The van der Waals surface area contributed by atoms with Gasteiger partial charge in [-0.15, -0.1) is 0 Å². The maximum Gasteiger partial charge on any atom is 0.326 e. The molecule has 1 fully saturated rings. The Balaban J connectivity index is 2.89. The van der Waals surface area contributed by atoms with Crippen LogP contribution in [0.3, 0.4) is 0 Å². The van der Waals surface area contributed by atoms with Gasteiger partial charge in [-0.3, -0.25) is 19.4 Å². The summed E-state index contributed by atoms with van der Waals surface area (Å²) >= 11 is 1.58. The van der Waals surface area contributed by atoms with Crippen LogP contribution in [0.25, 0.3) is 0 Å². The summed E-state index contributed by atoms with van der Waals surface area (Å²) in [6.07, 6.45) is 4.56. The lowest BCUT2D eigenvalue weighted by Crippen LogP contribution is -2.58. The molecule has 1 rings (SSSR count). The Morgan fingerprint density at radius 1 is 1.20 bits per heavy atom. The van der Waals surface area contributed by atoms with Crippen molar-refractivity contribution in [2.45, 2.75) is 76.5 Å². The third-order valence-corrected chi connectivity index (χ3v) is 6.79. The van der Waals surface area contributed by atoms with Crippen molar-refractivity contribution in [3.63, 3.8) is 0 Å². The van der Waals surface area contributed by atoms with E-state index >= 15 is 0 Å². The van der Waals surface area contributed by atoms with Crippen LogP contribution in [0, 0.1) is 5.92 Å². The fourth-order valence-corrected chi connectivity index (χ4v) is 4.32. The van der Waals surface area contributed by atoms with Crippen LogP contribution in [0.1, 0.15) is 52.4 Å². The number of carboxylic acids is 1. The Morgan fingerprint density at radius 3 is 2.46 bits per heavy atom. The van der Waals surface area contributed by atoms with Gasteiger partial charge < -0.3 is 37.8 Å². The van der Waals surface area contributed by atoms with Crippen LogP contribution in [0.2, 0.25) is 0 Å². The fraction of sp³-hybridized carbons (Fsp3) is 0.773. The maximum absolute atomic E-state index is 13.5. The summed E-state index contributed by atoms with van der Waals surface area (Å²) in [6.45, 7) is 4.36. The number of likely N-dealkylation sites (tertiary alicyclic amines) is 1. The number of nitrogens with two attached hydrogens (primary N) is 3. The zero-order chi connectivity index (χ0) is 26.5. The molecule has 1 heterocycles. The standard InChI is InChI=1S/C22H41N7O5S/c1-4-13(2)17(28-18(30)14(23)9-12-35-3)20(32)29-11-6-8-16(29)19(31)27-15(21(33)34)7-5-10-26-22(24)25/h13-17H,4-12,23H2,1-3H3,(H,27,31)(H,28,30)(H,33,34)(H4,24,25,26). The van der Waals surface area contributed by atoms with Crippen molar-refractivity contribution in [1.82, 2.24) is 15.5 Å². The second kappa shape index (κ2) is 15.5. The number of aliphatic imine (C=N–C) groups is 1. The zero-order valence-electron chi connectivity index (χ0n) is 20.9. The summed E-state index contributed by atoms with van der Waals surface area (Å²) in [6, 6.07) is -3.49. The van der Waals surface area contributed by atoms with E-state index in [0.29, 0.717) is 38.6 Å². The van der Waals surface area contributed by atoms with Crippen LogP contribution in [0.15, 0.2) is 4.99 Å². The Morgan fingerprint density at radius 2 is 1.89 bits per heavy atom. The molecule has 0 bridgehead atoms. The summed E-state index contributed by atoms with van der Waals surface area (Å²) in [5.41, 5.74) is 16.5. The molecule has 5 unspecified atom stereocenters. The number of carbonyl (C=O) groups is 4. The lowest BCUT2D eigenvalue weighted by atomic mass is 9.96. The quantitative estimate of drug-likeness (QED) is 0.0916. The number of guanidine groups is 1. The number of hydrogen-bond donors (Lipinski definition) is 6. The monoisotopic (exact) mass is 515 g/mol. The molecule has 1 aliphatic rings. The number of rotatable bonds is 15. The fourth-order valence-electron chi connectivity index (χ4n) is 3.83. The Bertz CT molecular complexity index is 762. The van der Waals surface area contributed by atoms with Gasteiger partial charge in [0.15, 0.2) is 5.96 Å².